The fraction of sp³-hybridized carbons (Fsp3) is 0.875. The van der Waals surface area contributed by atoms with Crippen molar-refractivity contribution in [3.05, 3.63) is 10.4 Å². The Morgan fingerprint density at radius 3 is 2.71 bits per heavy atom. The van der Waals surface area contributed by atoms with Gasteiger partial charge in [0.2, 0.25) is 0 Å². The molecule has 0 aromatic rings. The van der Waals surface area contributed by atoms with Crippen molar-refractivity contribution in [3.8, 4) is 0 Å². The summed E-state index contributed by atoms with van der Waals surface area (Å²) in [6.45, 7) is 6.38. The molecule has 0 aliphatic rings. The molecule has 14 heavy (non-hydrogen) atoms. The zero-order valence-corrected chi connectivity index (χ0v) is 8.78. The molecular weight excluding hydrogens is 184 g/mol. The SMILES string of the molecule is CC(C)(C)OC(=O)CNCCN=[N+]=[N-]. The maximum absolute atomic E-state index is 11.1. The van der Waals surface area contributed by atoms with Gasteiger partial charge in [-0.2, -0.15) is 0 Å². The molecule has 0 saturated carbocycles. The quantitative estimate of drug-likeness (QED) is 0.238. The third-order valence-corrected chi connectivity index (χ3v) is 1.14. The molecule has 0 unspecified atom stereocenters. The minimum Gasteiger partial charge on any atom is -0.459 e. The second-order valence-corrected chi connectivity index (χ2v) is 3.72. The Labute approximate surface area is 83.3 Å². The van der Waals surface area contributed by atoms with E-state index in [-0.39, 0.29) is 12.5 Å². The second kappa shape index (κ2) is 6.23. The zero-order valence-electron chi connectivity index (χ0n) is 8.78. The van der Waals surface area contributed by atoms with Crippen LogP contribution < -0.4 is 5.32 Å². The molecule has 1 N–H and O–H groups in total. The molecule has 0 radical (unpaired) electrons. The van der Waals surface area contributed by atoms with Crippen LogP contribution in [-0.4, -0.2) is 31.2 Å². The number of esters is 1. The Kier molecular flexibility index (Phi) is 5.67. The van der Waals surface area contributed by atoms with Crippen molar-refractivity contribution < 1.29 is 9.53 Å². The van der Waals surface area contributed by atoms with Crippen LogP contribution in [-0.2, 0) is 9.53 Å². The summed E-state index contributed by atoms with van der Waals surface area (Å²) in [7, 11) is 0. The van der Waals surface area contributed by atoms with E-state index in [0.29, 0.717) is 13.1 Å². The van der Waals surface area contributed by atoms with Crippen molar-refractivity contribution in [1.29, 1.82) is 0 Å². The van der Waals surface area contributed by atoms with E-state index in [0.717, 1.165) is 0 Å². The van der Waals surface area contributed by atoms with Crippen molar-refractivity contribution in [1.82, 2.24) is 5.32 Å². The Bertz CT molecular complexity index is 228. The van der Waals surface area contributed by atoms with Gasteiger partial charge in [0.1, 0.15) is 5.60 Å². The molecule has 0 amide bonds. The van der Waals surface area contributed by atoms with Gasteiger partial charge in [0.25, 0.3) is 0 Å². The second-order valence-electron chi connectivity index (χ2n) is 3.72. The van der Waals surface area contributed by atoms with E-state index in [9.17, 15) is 4.79 Å². The van der Waals surface area contributed by atoms with Crippen LogP contribution in [0.2, 0.25) is 0 Å². The van der Waals surface area contributed by atoms with E-state index in [2.05, 4.69) is 15.3 Å². The summed E-state index contributed by atoms with van der Waals surface area (Å²) < 4.78 is 5.04. The molecule has 0 aliphatic carbocycles. The number of ether oxygens (including phenoxy) is 1. The summed E-state index contributed by atoms with van der Waals surface area (Å²) in [6.07, 6.45) is 0. The van der Waals surface area contributed by atoms with Gasteiger partial charge in [-0.3, -0.25) is 4.79 Å². The molecule has 0 spiro atoms. The average molecular weight is 200 g/mol. The molecule has 0 fully saturated rings. The Morgan fingerprint density at radius 1 is 1.57 bits per heavy atom. The lowest BCUT2D eigenvalue weighted by atomic mass is 10.2. The maximum Gasteiger partial charge on any atom is 0.320 e. The number of azide groups is 1. The highest BCUT2D eigenvalue weighted by Crippen LogP contribution is 2.05. The lowest BCUT2D eigenvalue weighted by Gasteiger charge is -2.19. The average Bonchev–Trinajstić information content (AvgIpc) is 2.00. The van der Waals surface area contributed by atoms with Gasteiger partial charge in [0, 0.05) is 18.0 Å². The van der Waals surface area contributed by atoms with E-state index in [1.807, 2.05) is 20.8 Å². The van der Waals surface area contributed by atoms with E-state index >= 15 is 0 Å². The Balaban J connectivity index is 3.50. The molecule has 6 nitrogen and oxygen atoms in total. The smallest absolute Gasteiger partial charge is 0.320 e. The zero-order chi connectivity index (χ0) is 11.0. The largest absolute Gasteiger partial charge is 0.459 e. The van der Waals surface area contributed by atoms with Gasteiger partial charge in [-0.1, -0.05) is 5.11 Å². The van der Waals surface area contributed by atoms with Gasteiger partial charge in [-0.05, 0) is 26.3 Å². The summed E-state index contributed by atoms with van der Waals surface area (Å²) in [6, 6.07) is 0. The molecule has 0 aromatic heterocycles. The number of hydrogen-bond acceptors (Lipinski definition) is 4. The fourth-order valence-electron chi connectivity index (χ4n) is 0.742. The summed E-state index contributed by atoms with van der Waals surface area (Å²) in [4.78, 5) is 13.7. The number of hydrogen-bond donors (Lipinski definition) is 1. The molecule has 0 heterocycles. The van der Waals surface area contributed by atoms with Gasteiger partial charge in [0.05, 0.1) is 6.54 Å². The normalized spacial score (nSPS) is 10.5. The monoisotopic (exact) mass is 200 g/mol. The van der Waals surface area contributed by atoms with Crippen molar-refractivity contribution in [2.75, 3.05) is 19.6 Å². The molecule has 0 atom stereocenters. The first-order valence-corrected chi connectivity index (χ1v) is 4.39. The van der Waals surface area contributed by atoms with Gasteiger partial charge in [-0.25, -0.2) is 0 Å². The highest BCUT2D eigenvalue weighted by Gasteiger charge is 2.15. The van der Waals surface area contributed by atoms with Crippen LogP contribution >= 0.6 is 0 Å². The van der Waals surface area contributed by atoms with E-state index in [1.54, 1.807) is 0 Å². The molecule has 6 heteroatoms. The molecular formula is C8H16N4O2. The predicted octanol–water partition coefficient (Wildman–Crippen LogP) is 1.23. The Morgan fingerprint density at radius 2 is 2.21 bits per heavy atom. The van der Waals surface area contributed by atoms with Crippen LogP contribution in [0, 0.1) is 0 Å². The summed E-state index contributed by atoms with van der Waals surface area (Å²) in [5, 5.41) is 6.11. The van der Waals surface area contributed by atoms with Crippen molar-refractivity contribution in [3.63, 3.8) is 0 Å². The highest BCUT2D eigenvalue weighted by atomic mass is 16.6. The summed E-state index contributed by atoms with van der Waals surface area (Å²) >= 11 is 0. The number of carbonyl (C=O) groups excluding carboxylic acids is 1. The van der Waals surface area contributed by atoms with Crippen molar-refractivity contribution in [2.24, 2.45) is 5.11 Å². The third kappa shape index (κ3) is 8.83. The minimum atomic E-state index is -0.455. The first-order chi connectivity index (χ1) is 6.45. The van der Waals surface area contributed by atoms with Crippen LogP contribution in [0.4, 0.5) is 0 Å². The van der Waals surface area contributed by atoms with Crippen LogP contribution in [0.1, 0.15) is 20.8 Å². The lowest BCUT2D eigenvalue weighted by molar-refractivity contribution is -0.153. The van der Waals surface area contributed by atoms with E-state index in [1.165, 1.54) is 0 Å². The van der Waals surface area contributed by atoms with E-state index < -0.39 is 5.60 Å². The standard InChI is InChI=1S/C8H16N4O2/c1-8(2,3)14-7(13)6-10-4-5-11-12-9/h10H,4-6H2,1-3H3. The van der Waals surface area contributed by atoms with Crippen molar-refractivity contribution in [2.45, 2.75) is 26.4 Å². The first kappa shape index (κ1) is 12.7. The minimum absolute atomic E-state index is 0.137. The van der Waals surface area contributed by atoms with Crippen LogP contribution in [0.5, 0.6) is 0 Å². The van der Waals surface area contributed by atoms with Gasteiger partial charge in [0.15, 0.2) is 0 Å². The third-order valence-electron chi connectivity index (χ3n) is 1.14. The summed E-state index contributed by atoms with van der Waals surface area (Å²) in [5.41, 5.74) is 7.51. The van der Waals surface area contributed by atoms with E-state index in [4.69, 9.17) is 10.3 Å². The number of carbonyl (C=O) groups is 1. The number of nitrogens with one attached hydrogen (secondary N) is 1. The molecule has 80 valence electrons. The fourth-order valence-corrected chi connectivity index (χ4v) is 0.742. The summed E-state index contributed by atoms with van der Waals surface area (Å²) in [5.74, 6) is -0.307. The van der Waals surface area contributed by atoms with Crippen LogP contribution in [0.3, 0.4) is 0 Å². The van der Waals surface area contributed by atoms with Gasteiger partial charge >= 0.3 is 5.97 Å². The lowest BCUT2D eigenvalue weighted by Crippen LogP contribution is -2.32. The van der Waals surface area contributed by atoms with Crippen molar-refractivity contribution >= 4 is 5.97 Å². The topological polar surface area (TPSA) is 87.1 Å². The number of rotatable bonds is 5. The molecule has 0 aliphatic heterocycles. The molecule has 0 saturated heterocycles. The molecule has 0 aromatic carbocycles. The van der Waals surface area contributed by atoms with Gasteiger partial charge in [-0.15, -0.1) is 0 Å². The first-order valence-electron chi connectivity index (χ1n) is 4.39. The molecule has 0 rings (SSSR count). The highest BCUT2D eigenvalue weighted by molar-refractivity contribution is 5.72. The number of nitrogens with zero attached hydrogens (tertiary/aromatic N) is 3. The molecule has 0 bridgehead atoms. The van der Waals surface area contributed by atoms with Crippen LogP contribution in [0.15, 0.2) is 5.11 Å². The predicted molar refractivity (Wildman–Crippen MR) is 52.7 cm³/mol. The van der Waals surface area contributed by atoms with Gasteiger partial charge < -0.3 is 10.1 Å². The maximum atomic E-state index is 11.1. The van der Waals surface area contributed by atoms with Crippen LogP contribution in [0.25, 0.3) is 10.4 Å². The Hall–Kier alpha value is -1.26.